The minimum absolute atomic E-state index is 0.0660. The summed E-state index contributed by atoms with van der Waals surface area (Å²) in [6.07, 6.45) is 1.73. The van der Waals surface area contributed by atoms with Crippen LogP contribution in [-0.2, 0) is 0 Å². The van der Waals surface area contributed by atoms with Gasteiger partial charge < -0.3 is 20.2 Å². The van der Waals surface area contributed by atoms with Gasteiger partial charge in [0.25, 0.3) is 0 Å². The number of nitrogens with one attached hydrogen (secondary N) is 1. The molecule has 1 unspecified atom stereocenters. The highest BCUT2D eigenvalue weighted by Crippen LogP contribution is 2.21. The van der Waals surface area contributed by atoms with Crippen LogP contribution in [-0.4, -0.2) is 47.2 Å². The summed E-state index contributed by atoms with van der Waals surface area (Å²) in [6, 6.07) is 12.7. The van der Waals surface area contributed by atoms with Gasteiger partial charge in [0.15, 0.2) is 0 Å². The Morgan fingerprint density at radius 3 is 2.62 bits per heavy atom. The number of phenols is 1. The van der Waals surface area contributed by atoms with Gasteiger partial charge in [0, 0.05) is 44.1 Å². The fourth-order valence-electron chi connectivity index (χ4n) is 2.84. The van der Waals surface area contributed by atoms with Crippen molar-refractivity contribution in [1.82, 2.24) is 15.2 Å². The minimum atomic E-state index is -0.122. The second-order valence-corrected chi connectivity index (χ2v) is 5.92. The third kappa shape index (κ3) is 3.76. The molecule has 1 aliphatic heterocycles. The van der Waals surface area contributed by atoms with Gasteiger partial charge in [0.05, 0.1) is 11.7 Å². The number of anilines is 1. The number of benzene rings is 1. The maximum absolute atomic E-state index is 12.4. The Balaban J connectivity index is 1.53. The van der Waals surface area contributed by atoms with E-state index in [0.29, 0.717) is 13.1 Å². The molecule has 3 rings (SSSR count). The van der Waals surface area contributed by atoms with Crippen molar-refractivity contribution in [2.45, 2.75) is 13.0 Å². The van der Waals surface area contributed by atoms with Crippen molar-refractivity contribution in [3.05, 3.63) is 54.4 Å². The van der Waals surface area contributed by atoms with Gasteiger partial charge in [0.2, 0.25) is 0 Å². The summed E-state index contributed by atoms with van der Waals surface area (Å²) in [5.74, 6) is 0.261. The summed E-state index contributed by atoms with van der Waals surface area (Å²) in [5, 5.41) is 12.6. The van der Waals surface area contributed by atoms with E-state index >= 15 is 0 Å². The number of aromatic nitrogens is 1. The fraction of sp³-hybridized carbons (Fsp3) is 0.333. The standard InChI is InChI=1S/C18H22N4O2/c1-14(17-7-2-3-8-19-17)20-18(24)22-11-9-21(10-12-22)15-5-4-6-16(23)13-15/h2-8,13-14,23H,9-12H2,1H3,(H,20,24). The van der Waals surface area contributed by atoms with E-state index in [0.717, 1.165) is 24.5 Å². The smallest absolute Gasteiger partial charge is 0.318 e. The molecule has 2 amide bonds. The van der Waals surface area contributed by atoms with Gasteiger partial charge in [-0.1, -0.05) is 12.1 Å². The van der Waals surface area contributed by atoms with Crippen molar-refractivity contribution in [2.75, 3.05) is 31.1 Å². The van der Waals surface area contributed by atoms with Gasteiger partial charge in [0.1, 0.15) is 5.75 Å². The highest BCUT2D eigenvalue weighted by molar-refractivity contribution is 5.75. The molecule has 1 aromatic carbocycles. The quantitative estimate of drug-likeness (QED) is 0.909. The Labute approximate surface area is 141 Å². The number of carbonyl (C=O) groups is 1. The van der Waals surface area contributed by atoms with Crippen LogP contribution in [0.2, 0.25) is 0 Å². The summed E-state index contributed by atoms with van der Waals surface area (Å²) < 4.78 is 0. The van der Waals surface area contributed by atoms with Crippen molar-refractivity contribution >= 4 is 11.7 Å². The average Bonchev–Trinajstić information content (AvgIpc) is 2.62. The Bertz CT molecular complexity index is 684. The molecule has 0 radical (unpaired) electrons. The number of carbonyl (C=O) groups excluding carboxylic acids is 1. The molecule has 126 valence electrons. The monoisotopic (exact) mass is 326 g/mol. The number of aromatic hydroxyl groups is 1. The van der Waals surface area contributed by atoms with Crippen LogP contribution in [0, 0.1) is 0 Å². The van der Waals surface area contributed by atoms with E-state index in [4.69, 9.17) is 0 Å². The molecule has 0 spiro atoms. The number of nitrogens with zero attached hydrogens (tertiary/aromatic N) is 3. The summed E-state index contributed by atoms with van der Waals surface area (Å²) in [6.45, 7) is 4.72. The third-order valence-electron chi connectivity index (χ3n) is 4.23. The lowest BCUT2D eigenvalue weighted by Crippen LogP contribution is -2.52. The molecule has 24 heavy (non-hydrogen) atoms. The van der Waals surface area contributed by atoms with Crippen LogP contribution in [0.5, 0.6) is 5.75 Å². The molecule has 1 atom stereocenters. The van der Waals surface area contributed by atoms with Crippen molar-refractivity contribution < 1.29 is 9.90 Å². The largest absolute Gasteiger partial charge is 0.508 e. The Morgan fingerprint density at radius 2 is 1.96 bits per heavy atom. The number of amides is 2. The molecule has 6 nitrogen and oxygen atoms in total. The van der Waals surface area contributed by atoms with Crippen LogP contribution in [0.3, 0.4) is 0 Å². The minimum Gasteiger partial charge on any atom is -0.508 e. The molecule has 2 N–H and O–H groups in total. The van der Waals surface area contributed by atoms with E-state index in [9.17, 15) is 9.90 Å². The van der Waals surface area contributed by atoms with Crippen LogP contribution in [0.25, 0.3) is 0 Å². The first kappa shape index (κ1) is 16.1. The Hall–Kier alpha value is -2.76. The number of hydrogen-bond donors (Lipinski definition) is 2. The maximum atomic E-state index is 12.4. The number of piperazine rings is 1. The van der Waals surface area contributed by atoms with Crippen LogP contribution >= 0.6 is 0 Å². The second kappa shape index (κ2) is 7.21. The zero-order valence-corrected chi connectivity index (χ0v) is 13.7. The Kier molecular flexibility index (Phi) is 4.84. The van der Waals surface area contributed by atoms with Gasteiger partial charge in [-0.05, 0) is 31.2 Å². The zero-order valence-electron chi connectivity index (χ0n) is 13.7. The molecule has 6 heteroatoms. The first-order valence-electron chi connectivity index (χ1n) is 8.14. The van der Waals surface area contributed by atoms with Crippen molar-refractivity contribution in [2.24, 2.45) is 0 Å². The molecule has 0 aliphatic carbocycles. The fourth-order valence-corrected chi connectivity index (χ4v) is 2.84. The van der Waals surface area contributed by atoms with E-state index in [-0.39, 0.29) is 17.8 Å². The molecular formula is C18H22N4O2. The molecule has 1 fully saturated rings. The van der Waals surface area contributed by atoms with E-state index in [1.807, 2.05) is 42.2 Å². The number of rotatable bonds is 3. The summed E-state index contributed by atoms with van der Waals surface area (Å²) in [4.78, 5) is 20.7. The zero-order chi connectivity index (χ0) is 16.9. The predicted octanol–water partition coefficient (Wildman–Crippen LogP) is 2.38. The van der Waals surface area contributed by atoms with Crippen molar-refractivity contribution in [3.63, 3.8) is 0 Å². The number of hydrogen-bond acceptors (Lipinski definition) is 4. The third-order valence-corrected chi connectivity index (χ3v) is 4.23. The van der Waals surface area contributed by atoms with E-state index in [1.54, 1.807) is 18.3 Å². The lowest BCUT2D eigenvalue weighted by molar-refractivity contribution is 0.191. The van der Waals surface area contributed by atoms with Crippen molar-refractivity contribution in [3.8, 4) is 5.75 Å². The summed E-state index contributed by atoms with van der Waals surface area (Å²) >= 11 is 0. The number of phenolic OH excluding ortho intramolecular Hbond substituents is 1. The molecule has 2 heterocycles. The maximum Gasteiger partial charge on any atom is 0.318 e. The number of pyridine rings is 1. The van der Waals surface area contributed by atoms with Crippen LogP contribution in [0.15, 0.2) is 48.7 Å². The highest BCUT2D eigenvalue weighted by atomic mass is 16.3. The van der Waals surface area contributed by atoms with Crippen molar-refractivity contribution in [1.29, 1.82) is 0 Å². The van der Waals surface area contributed by atoms with Gasteiger partial charge >= 0.3 is 6.03 Å². The van der Waals surface area contributed by atoms with Gasteiger partial charge in [-0.3, -0.25) is 4.98 Å². The lowest BCUT2D eigenvalue weighted by Gasteiger charge is -2.36. The van der Waals surface area contributed by atoms with Gasteiger partial charge in [-0.15, -0.1) is 0 Å². The molecule has 2 aromatic rings. The molecule has 1 saturated heterocycles. The summed E-state index contributed by atoms with van der Waals surface area (Å²) in [7, 11) is 0. The number of urea groups is 1. The normalized spacial score (nSPS) is 15.9. The van der Waals surface area contributed by atoms with Crippen LogP contribution < -0.4 is 10.2 Å². The summed E-state index contributed by atoms with van der Waals surface area (Å²) in [5.41, 5.74) is 1.83. The molecule has 1 aromatic heterocycles. The SMILES string of the molecule is CC(NC(=O)N1CCN(c2cccc(O)c2)CC1)c1ccccn1. The molecule has 0 saturated carbocycles. The molecule has 1 aliphatic rings. The van der Waals surface area contributed by atoms with E-state index < -0.39 is 0 Å². The predicted molar refractivity (Wildman–Crippen MR) is 93.1 cm³/mol. The van der Waals surface area contributed by atoms with Gasteiger partial charge in [-0.2, -0.15) is 0 Å². The molecular weight excluding hydrogens is 304 g/mol. The van der Waals surface area contributed by atoms with E-state index in [2.05, 4.69) is 15.2 Å². The van der Waals surface area contributed by atoms with Crippen LogP contribution in [0.4, 0.5) is 10.5 Å². The second-order valence-electron chi connectivity index (χ2n) is 5.92. The first-order chi connectivity index (χ1) is 11.6. The lowest BCUT2D eigenvalue weighted by atomic mass is 10.2. The average molecular weight is 326 g/mol. The van der Waals surface area contributed by atoms with Gasteiger partial charge in [-0.25, -0.2) is 4.79 Å². The van der Waals surface area contributed by atoms with Crippen LogP contribution in [0.1, 0.15) is 18.7 Å². The highest BCUT2D eigenvalue weighted by Gasteiger charge is 2.22. The molecule has 0 bridgehead atoms. The van der Waals surface area contributed by atoms with E-state index in [1.165, 1.54) is 0 Å². The Morgan fingerprint density at radius 1 is 1.17 bits per heavy atom. The first-order valence-corrected chi connectivity index (χ1v) is 8.14. The topological polar surface area (TPSA) is 68.7 Å².